The molecule has 7 nitrogen and oxygen atoms in total. The maximum absolute atomic E-state index is 12.2. The van der Waals surface area contributed by atoms with Gasteiger partial charge >= 0.3 is 18.0 Å². The monoisotopic (exact) mass is 413 g/mol. The van der Waals surface area contributed by atoms with Crippen LogP contribution in [-0.4, -0.2) is 35.5 Å². The molecule has 168 valence electrons. The maximum atomic E-state index is 12.2. The molecule has 0 aromatic rings. The van der Waals surface area contributed by atoms with Crippen molar-refractivity contribution in [2.24, 2.45) is 17.8 Å². The number of rotatable bonds is 12. The van der Waals surface area contributed by atoms with Crippen molar-refractivity contribution in [2.75, 3.05) is 0 Å². The third-order valence-corrected chi connectivity index (χ3v) is 5.59. The van der Waals surface area contributed by atoms with Gasteiger partial charge in [-0.1, -0.05) is 65.7 Å². The third kappa shape index (κ3) is 11.7. The second-order valence-corrected chi connectivity index (χ2v) is 8.83. The number of carboxylic acid groups (broad SMARTS) is 1. The number of hydrogen-bond donors (Lipinski definition) is 2. The van der Waals surface area contributed by atoms with E-state index in [1.165, 1.54) is 45.4 Å². The Hall–Kier alpha value is -1.79. The largest absolute Gasteiger partial charge is 0.481 e. The number of carboxylic acids is 1. The Morgan fingerprint density at radius 3 is 2.21 bits per heavy atom. The lowest BCUT2D eigenvalue weighted by Crippen LogP contribution is -2.40. The molecule has 1 aliphatic rings. The third-order valence-electron chi connectivity index (χ3n) is 5.59. The Morgan fingerprint density at radius 2 is 1.66 bits per heavy atom. The Balaban J connectivity index is 2.45. The van der Waals surface area contributed by atoms with Gasteiger partial charge in [-0.25, -0.2) is 4.79 Å². The van der Waals surface area contributed by atoms with Gasteiger partial charge in [0.2, 0.25) is 0 Å². The van der Waals surface area contributed by atoms with Crippen LogP contribution >= 0.6 is 0 Å². The Bertz CT molecular complexity index is 515. The fourth-order valence-electron chi connectivity index (χ4n) is 3.83. The minimum absolute atomic E-state index is 0.162. The molecule has 0 bridgehead atoms. The van der Waals surface area contributed by atoms with Crippen LogP contribution in [0.4, 0.5) is 4.79 Å². The van der Waals surface area contributed by atoms with Gasteiger partial charge in [0.1, 0.15) is 0 Å². The normalized spacial score (nSPS) is 18.0. The van der Waals surface area contributed by atoms with E-state index >= 15 is 0 Å². The number of amides is 1. The van der Waals surface area contributed by atoms with Crippen molar-refractivity contribution in [1.29, 1.82) is 0 Å². The highest BCUT2D eigenvalue weighted by atomic mass is 16.7. The summed E-state index contributed by atoms with van der Waals surface area (Å²) >= 11 is 0. The van der Waals surface area contributed by atoms with Gasteiger partial charge in [-0.3, -0.25) is 9.59 Å². The van der Waals surface area contributed by atoms with E-state index in [1.54, 1.807) is 13.8 Å². The van der Waals surface area contributed by atoms with E-state index in [0.29, 0.717) is 12.3 Å². The second kappa shape index (κ2) is 13.4. The number of ether oxygens (including phenoxy) is 2. The van der Waals surface area contributed by atoms with Crippen molar-refractivity contribution < 1.29 is 29.0 Å². The fourth-order valence-corrected chi connectivity index (χ4v) is 3.83. The van der Waals surface area contributed by atoms with Gasteiger partial charge in [-0.2, -0.15) is 0 Å². The summed E-state index contributed by atoms with van der Waals surface area (Å²) in [6.07, 6.45) is 8.60. The van der Waals surface area contributed by atoms with Gasteiger partial charge < -0.3 is 19.9 Å². The summed E-state index contributed by atoms with van der Waals surface area (Å²) in [5.41, 5.74) is 0. The van der Waals surface area contributed by atoms with Crippen LogP contribution in [0.3, 0.4) is 0 Å². The molecule has 0 aromatic heterocycles. The highest BCUT2D eigenvalue weighted by Gasteiger charge is 2.24. The first-order valence-corrected chi connectivity index (χ1v) is 11.0. The van der Waals surface area contributed by atoms with Gasteiger partial charge in [0.15, 0.2) is 0 Å². The van der Waals surface area contributed by atoms with Gasteiger partial charge in [0.25, 0.3) is 6.29 Å². The van der Waals surface area contributed by atoms with E-state index in [2.05, 4.69) is 12.2 Å². The average molecular weight is 414 g/mol. The molecule has 0 saturated heterocycles. The van der Waals surface area contributed by atoms with Gasteiger partial charge in [0, 0.05) is 18.9 Å². The van der Waals surface area contributed by atoms with Crippen molar-refractivity contribution in [3.63, 3.8) is 0 Å². The SMILES string of the molecule is CC(=O)O[C@@H](OC(=O)N[C@@H](CC[C@H](C)CCC1CCCCC1)CC(=O)O)C(C)C. The minimum Gasteiger partial charge on any atom is -0.481 e. The van der Waals surface area contributed by atoms with Crippen molar-refractivity contribution in [3.05, 3.63) is 0 Å². The van der Waals surface area contributed by atoms with Crippen molar-refractivity contribution >= 4 is 18.0 Å². The van der Waals surface area contributed by atoms with Gasteiger partial charge in [0.05, 0.1) is 6.42 Å². The number of esters is 1. The van der Waals surface area contributed by atoms with E-state index in [-0.39, 0.29) is 12.3 Å². The lowest BCUT2D eigenvalue weighted by atomic mass is 9.83. The number of carbonyl (C=O) groups excluding carboxylic acids is 2. The van der Waals surface area contributed by atoms with Crippen LogP contribution in [-0.2, 0) is 19.1 Å². The molecular weight excluding hydrogens is 374 g/mol. The summed E-state index contributed by atoms with van der Waals surface area (Å²) in [5, 5.41) is 11.8. The van der Waals surface area contributed by atoms with Crippen LogP contribution in [0, 0.1) is 17.8 Å². The zero-order valence-corrected chi connectivity index (χ0v) is 18.4. The molecule has 0 unspecified atom stereocenters. The molecule has 29 heavy (non-hydrogen) atoms. The lowest BCUT2D eigenvalue weighted by molar-refractivity contribution is -0.172. The second-order valence-electron chi connectivity index (χ2n) is 8.83. The maximum Gasteiger partial charge on any atom is 0.410 e. The van der Waals surface area contributed by atoms with Crippen molar-refractivity contribution in [3.8, 4) is 0 Å². The molecule has 0 heterocycles. The predicted molar refractivity (Wildman–Crippen MR) is 110 cm³/mol. The number of aliphatic carboxylic acids is 1. The van der Waals surface area contributed by atoms with Crippen LogP contribution in [0.25, 0.3) is 0 Å². The molecular formula is C22H39NO6. The molecule has 1 saturated carbocycles. The average Bonchev–Trinajstić information content (AvgIpc) is 2.63. The van der Waals surface area contributed by atoms with Crippen molar-refractivity contribution in [2.45, 2.75) is 104 Å². The Labute approximate surface area is 174 Å². The molecule has 1 rings (SSSR count). The minimum atomic E-state index is -0.993. The predicted octanol–water partition coefficient (Wildman–Crippen LogP) is 4.88. The number of carbonyl (C=O) groups is 3. The van der Waals surface area contributed by atoms with Crippen LogP contribution in [0.1, 0.15) is 91.9 Å². The summed E-state index contributed by atoms with van der Waals surface area (Å²) in [6, 6.07) is -0.512. The highest BCUT2D eigenvalue weighted by molar-refractivity contribution is 5.71. The summed E-state index contributed by atoms with van der Waals surface area (Å²) in [6.45, 7) is 6.97. The summed E-state index contributed by atoms with van der Waals surface area (Å²) in [7, 11) is 0. The van der Waals surface area contributed by atoms with Crippen LogP contribution in [0.2, 0.25) is 0 Å². The summed E-state index contributed by atoms with van der Waals surface area (Å²) in [5.74, 6) is -0.392. The zero-order chi connectivity index (χ0) is 21.8. The molecule has 2 N–H and O–H groups in total. The lowest BCUT2D eigenvalue weighted by Gasteiger charge is -2.25. The fraction of sp³-hybridized carbons (Fsp3) is 0.864. The topological polar surface area (TPSA) is 102 Å². The molecule has 0 aromatic carbocycles. The molecule has 1 fully saturated rings. The van der Waals surface area contributed by atoms with E-state index in [4.69, 9.17) is 14.6 Å². The molecule has 0 spiro atoms. The molecule has 1 amide bonds. The molecule has 7 heteroatoms. The van der Waals surface area contributed by atoms with Crippen LogP contribution < -0.4 is 5.32 Å². The van der Waals surface area contributed by atoms with E-state index < -0.39 is 30.4 Å². The molecule has 0 aliphatic heterocycles. The van der Waals surface area contributed by atoms with E-state index in [1.807, 2.05) is 0 Å². The van der Waals surface area contributed by atoms with Crippen molar-refractivity contribution in [1.82, 2.24) is 5.32 Å². The first-order chi connectivity index (χ1) is 13.7. The smallest absolute Gasteiger partial charge is 0.410 e. The first kappa shape index (κ1) is 25.2. The molecule has 0 radical (unpaired) electrons. The van der Waals surface area contributed by atoms with E-state index in [9.17, 15) is 14.4 Å². The van der Waals surface area contributed by atoms with Gasteiger partial charge in [-0.05, 0) is 24.7 Å². The zero-order valence-electron chi connectivity index (χ0n) is 18.4. The molecule has 1 aliphatic carbocycles. The first-order valence-electron chi connectivity index (χ1n) is 11.0. The molecule has 3 atom stereocenters. The number of alkyl carbamates (subject to hydrolysis) is 1. The number of hydrogen-bond acceptors (Lipinski definition) is 5. The number of nitrogens with one attached hydrogen (secondary N) is 1. The Morgan fingerprint density at radius 1 is 1.00 bits per heavy atom. The van der Waals surface area contributed by atoms with Crippen LogP contribution in [0.15, 0.2) is 0 Å². The highest BCUT2D eigenvalue weighted by Crippen LogP contribution is 2.29. The van der Waals surface area contributed by atoms with E-state index in [0.717, 1.165) is 18.8 Å². The quantitative estimate of drug-likeness (QED) is 0.349. The standard InChI is InChI=1S/C22H39NO6/c1-15(2)21(28-17(4)24)29-22(27)23-19(14-20(25)26)13-11-16(3)10-12-18-8-6-5-7-9-18/h15-16,18-19,21H,5-14H2,1-4H3,(H,23,27)(H,25,26)/t16-,19+,21+/m1/s1. The van der Waals surface area contributed by atoms with Gasteiger partial charge in [-0.15, -0.1) is 0 Å². The summed E-state index contributed by atoms with van der Waals surface area (Å²) in [4.78, 5) is 34.5. The van der Waals surface area contributed by atoms with Crippen LogP contribution in [0.5, 0.6) is 0 Å². The summed E-state index contributed by atoms with van der Waals surface area (Å²) < 4.78 is 10.2. The Kier molecular flexibility index (Phi) is 11.7.